The van der Waals surface area contributed by atoms with Gasteiger partial charge in [0.25, 0.3) is 0 Å². The van der Waals surface area contributed by atoms with Crippen LogP contribution in [-0.4, -0.2) is 16.1 Å². The number of pyridine rings is 1. The molecule has 0 amide bonds. The minimum atomic E-state index is -0.998. The summed E-state index contributed by atoms with van der Waals surface area (Å²) in [6.07, 6.45) is 1.44. The predicted molar refractivity (Wildman–Crippen MR) is 66.7 cm³/mol. The molecular weight excluding hydrogens is 261 g/mol. The number of hydrogen-bond donors (Lipinski definition) is 1. The minimum Gasteiger partial charge on any atom is -0.478 e. The second-order valence-electron chi connectivity index (χ2n) is 3.39. The molecule has 86 valence electrons. The summed E-state index contributed by atoms with van der Waals surface area (Å²) >= 11 is 11.7. The third kappa shape index (κ3) is 2.75. The molecule has 17 heavy (non-hydrogen) atoms. The Labute approximate surface area is 108 Å². The Morgan fingerprint density at radius 2 is 1.76 bits per heavy atom. The lowest BCUT2D eigenvalue weighted by atomic mass is 10.1. The Hall–Kier alpha value is -1.58. The lowest BCUT2D eigenvalue weighted by molar-refractivity contribution is 0.0697. The van der Waals surface area contributed by atoms with Crippen molar-refractivity contribution in [1.29, 1.82) is 0 Å². The molecule has 0 atom stereocenters. The third-order valence-corrected chi connectivity index (χ3v) is 2.60. The smallest absolute Gasteiger partial charge is 0.335 e. The van der Waals surface area contributed by atoms with Crippen LogP contribution in [0, 0.1) is 0 Å². The molecule has 1 heterocycles. The summed E-state index contributed by atoms with van der Waals surface area (Å²) in [7, 11) is 0. The molecule has 1 aromatic carbocycles. The van der Waals surface area contributed by atoms with E-state index in [0.29, 0.717) is 21.3 Å². The zero-order valence-corrected chi connectivity index (χ0v) is 10.0. The highest BCUT2D eigenvalue weighted by Gasteiger charge is 2.07. The van der Waals surface area contributed by atoms with E-state index in [-0.39, 0.29) is 5.56 Å². The molecule has 0 aliphatic carbocycles. The Morgan fingerprint density at radius 3 is 2.35 bits per heavy atom. The molecule has 5 heteroatoms. The highest BCUT2D eigenvalue weighted by molar-refractivity contribution is 6.35. The quantitative estimate of drug-likeness (QED) is 0.902. The summed E-state index contributed by atoms with van der Waals surface area (Å²) in [6.45, 7) is 0. The largest absolute Gasteiger partial charge is 0.478 e. The monoisotopic (exact) mass is 267 g/mol. The van der Waals surface area contributed by atoms with E-state index in [0.717, 1.165) is 0 Å². The van der Waals surface area contributed by atoms with Crippen molar-refractivity contribution in [2.24, 2.45) is 0 Å². The zero-order chi connectivity index (χ0) is 12.4. The van der Waals surface area contributed by atoms with Crippen LogP contribution in [0.4, 0.5) is 0 Å². The van der Waals surface area contributed by atoms with Crippen molar-refractivity contribution in [1.82, 2.24) is 4.98 Å². The first-order valence-corrected chi connectivity index (χ1v) is 5.47. The predicted octanol–water partition coefficient (Wildman–Crippen LogP) is 3.75. The second-order valence-corrected chi connectivity index (χ2v) is 4.27. The second kappa shape index (κ2) is 4.73. The fraction of sp³-hybridized carbons (Fsp3) is 0. The minimum absolute atomic E-state index is 0.172. The van der Waals surface area contributed by atoms with E-state index in [1.165, 1.54) is 18.3 Å². The van der Waals surface area contributed by atoms with Crippen LogP contribution in [0.15, 0.2) is 36.5 Å². The van der Waals surface area contributed by atoms with Crippen molar-refractivity contribution < 1.29 is 9.90 Å². The molecule has 0 unspecified atom stereocenters. The summed E-state index contributed by atoms with van der Waals surface area (Å²) in [4.78, 5) is 14.9. The number of halogens is 2. The number of nitrogens with zero attached hydrogens (tertiary/aromatic N) is 1. The standard InChI is InChI=1S/C12H7Cl2NO2/c13-9-3-8(4-10(14)6-9)11-5-7(12(16)17)1-2-15-11/h1-6H,(H,16,17). The van der Waals surface area contributed by atoms with Crippen LogP contribution >= 0.6 is 23.2 Å². The number of carboxylic acids is 1. The first kappa shape index (κ1) is 11.9. The molecule has 0 radical (unpaired) electrons. The van der Waals surface area contributed by atoms with Gasteiger partial charge >= 0.3 is 5.97 Å². The van der Waals surface area contributed by atoms with E-state index in [9.17, 15) is 4.79 Å². The third-order valence-electron chi connectivity index (χ3n) is 2.17. The number of aromatic carboxylic acids is 1. The molecule has 1 aromatic heterocycles. The average molecular weight is 268 g/mol. The molecule has 3 nitrogen and oxygen atoms in total. The van der Waals surface area contributed by atoms with Gasteiger partial charge in [0.1, 0.15) is 0 Å². The van der Waals surface area contributed by atoms with Crippen molar-refractivity contribution in [2.75, 3.05) is 0 Å². The molecule has 0 aliphatic heterocycles. The lowest BCUT2D eigenvalue weighted by Gasteiger charge is -2.03. The SMILES string of the molecule is O=C(O)c1ccnc(-c2cc(Cl)cc(Cl)c2)c1. The number of hydrogen-bond acceptors (Lipinski definition) is 2. The van der Waals surface area contributed by atoms with E-state index in [1.807, 2.05) is 0 Å². The van der Waals surface area contributed by atoms with Crippen LogP contribution in [0.3, 0.4) is 0 Å². The number of carbonyl (C=O) groups is 1. The summed E-state index contributed by atoms with van der Waals surface area (Å²) in [6, 6.07) is 7.87. The molecule has 0 aliphatic rings. The van der Waals surface area contributed by atoms with Gasteiger partial charge in [-0.25, -0.2) is 4.79 Å². The first-order valence-electron chi connectivity index (χ1n) is 4.72. The number of benzene rings is 1. The van der Waals surface area contributed by atoms with E-state index in [4.69, 9.17) is 28.3 Å². The van der Waals surface area contributed by atoms with Crippen molar-refractivity contribution in [3.63, 3.8) is 0 Å². The molecule has 0 saturated heterocycles. The van der Waals surface area contributed by atoms with Gasteiger partial charge in [-0.05, 0) is 30.3 Å². The van der Waals surface area contributed by atoms with E-state index < -0.39 is 5.97 Å². The zero-order valence-electron chi connectivity index (χ0n) is 8.52. The van der Waals surface area contributed by atoms with Crippen LogP contribution in [0.25, 0.3) is 11.3 Å². The number of rotatable bonds is 2. The maximum atomic E-state index is 10.8. The average Bonchev–Trinajstić information content (AvgIpc) is 2.28. The van der Waals surface area contributed by atoms with E-state index >= 15 is 0 Å². The van der Waals surface area contributed by atoms with Crippen molar-refractivity contribution in [3.8, 4) is 11.3 Å². The van der Waals surface area contributed by atoms with E-state index in [1.54, 1.807) is 18.2 Å². The van der Waals surface area contributed by atoms with Crippen molar-refractivity contribution in [3.05, 3.63) is 52.1 Å². The van der Waals surface area contributed by atoms with Crippen LogP contribution < -0.4 is 0 Å². The van der Waals surface area contributed by atoms with Gasteiger partial charge in [-0.1, -0.05) is 23.2 Å². The van der Waals surface area contributed by atoms with Crippen LogP contribution in [-0.2, 0) is 0 Å². The van der Waals surface area contributed by atoms with Gasteiger partial charge in [0.05, 0.1) is 11.3 Å². The van der Waals surface area contributed by atoms with Gasteiger partial charge in [0, 0.05) is 21.8 Å². The molecule has 0 bridgehead atoms. The topological polar surface area (TPSA) is 50.2 Å². The Kier molecular flexibility index (Phi) is 3.31. The van der Waals surface area contributed by atoms with Gasteiger partial charge in [-0.2, -0.15) is 0 Å². The Balaban J connectivity index is 2.52. The lowest BCUT2D eigenvalue weighted by Crippen LogP contribution is -1.97. The fourth-order valence-electron chi connectivity index (χ4n) is 1.42. The molecular formula is C12H7Cl2NO2. The van der Waals surface area contributed by atoms with Crippen LogP contribution in [0.5, 0.6) is 0 Å². The van der Waals surface area contributed by atoms with Crippen LogP contribution in [0.1, 0.15) is 10.4 Å². The molecule has 0 spiro atoms. The highest BCUT2D eigenvalue weighted by Crippen LogP contribution is 2.26. The maximum Gasteiger partial charge on any atom is 0.335 e. The summed E-state index contributed by atoms with van der Waals surface area (Å²) in [5, 5.41) is 9.85. The van der Waals surface area contributed by atoms with Crippen molar-refractivity contribution >= 4 is 29.2 Å². The van der Waals surface area contributed by atoms with Gasteiger partial charge < -0.3 is 5.11 Å². The molecule has 2 rings (SSSR count). The summed E-state index contributed by atoms with van der Waals surface area (Å²) < 4.78 is 0. The summed E-state index contributed by atoms with van der Waals surface area (Å²) in [5.41, 5.74) is 1.38. The van der Waals surface area contributed by atoms with Crippen LogP contribution in [0.2, 0.25) is 10.0 Å². The Bertz CT molecular complexity index is 564. The fourth-order valence-corrected chi connectivity index (χ4v) is 1.95. The normalized spacial score (nSPS) is 10.2. The molecule has 2 aromatic rings. The van der Waals surface area contributed by atoms with Gasteiger partial charge in [-0.15, -0.1) is 0 Å². The van der Waals surface area contributed by atoms with Crippen molar-refractivity contribution in [2.45, 2.75) is 0 Å². The van der Waals surface area contributed by atoms with E-state index in [2.05, 4.69) is 4.98 Å². The number of aromatic nitrogens is 1. The van der Waals surface area contributed by atoms with Gasteiger partial charge in [-0.3, -0.25) is 4.98 Å². The number of carboxylic acid groups (broad SMARTS) is 1. The molecule has 0 fully saturated rings. The molecule has 0 saturated carbocycles. The Morgan fingerprint density at radius 1 is 1.12 bits per heavy atom. The maximum absolute atomic E-state index is 10.8. The summed E-state index contributed by atoms with van der Waals surface area (Å²) in [5.74, 6) is -0.998. The van der Waals surface area contributed by atoms with Gasteiger partial charge in [0.2, 0.25) is 0 Å². The highest BCUT2D eigenvalue weighted by atomic mass is 35.5. The first-order chi connectivity index (χ1) is 8.06. The molecule has 1 N–H and O–H groups in total. The van der Waals surface area contributed by atoms with Gasteiger partial charge in [0.15, 0.2) is 0 Å².